The van der Waals surface area contributed by atoms with Crippen molar-refractivity contribution < 1.29 is 4.39 Å². The Kier molecular flexibility index (Phi) is 4.18. The van der Waals surface area contributed by atoms with E-state index in [1.807, 2.05) is 6.07 Å². The number of hydrogen-bond donors (Lipinski definition) is 1. The zero-order valence-corrected chi connectivity index (χ0v) is 12.3. The van der Waals surface area contributed by atoms with Crippen LogP contribution < -0.4 is 5.32 Å². The van der Waals surface area contributed by atoms with Gasteiger partial charge in [-0.3, -0.25) is 0 Å². The van der Waals surface area contributed by atoms with Crippen LogP contribution in [0.1, 0.15) is 39.0 Å². The normalized spacial score (nSPS) is 17.6. The average Bonchev–Trinajstić information content (AvgIpc) is 3.02. The Morgan fingerprint density at radius 3 is 2.76 bits per heavy atom. The van der Waals surface area contributed by atoms with Crippen LogP contribution in [0.2, 0.25) is 0 Å². The van der Waals surface area contributed by atoms with Crippen molar-refractivity contribution in [3.05, 3.63) is 36.7 Å². The summed E-state index contributed by atoms with van der Waals surface area (Å²) in [5.74, 6) is 0.401. The highest BCUT2D eigenvalue weighted by atomic mass is 19.1. The summed E-state index contributed by atoms with van der Waals surface area (Å²) in [6, 6.07) is 5.55. The van der Waals surface area contributed by atoms with Gasteiger partial charge in [0.2, 0.25) is 0 Å². The molecule has 1 aliphatic carbocycles. The molecule has 1 atom stereocenters. The number of nitrogens with one attached hydrogen (secondary N) is 1. The lowest BCUT2D eigenvalue weighted by Gasteiger charge is -2.29. The number of nitrogens with zero attached hydrogens (tertiary/aromatic N) is 3. The first-order valence-electron chi connectivity index (χ1n) is 7.65. The van der Waals surface area contributed by atoms with E-state index in [9.17, 15) is 4.39 Å². The molecular formula is C16H21FN4. The van der Waals surface area contributed by atoms with Gasteiger partial charge in [-0.1, -0.05) is 19.3 Å². The molecule has 1 heterocycles. The first-order chi connectivity index (χ1) is 10.2. The van der Waals surface area contributed by atoms with Gasteiger partial charge in [0.05, 0.1) is 0 Å². The number of benzene rings is 1. The van der Waals surface area contributed by atoms with Gasteiger partial charge in [-0.05, 0) is 43.9 Å². The summed E-state index contributed by atoms with van der Waals surface area (Å²) in [5, 5.41) is 7.40. The van der Waals surface area contributed by atoms with Crippen molar-refractivity contribution in [2.75, 3.05) is 5.32 Å². The lowest BCUT2D eigenvalue weighted by Crippen LogP contribution is -2.27. The lowest BCUT2D eigenvalue weighted by atomic mass is 9.84. The number of aromatic nitrogens is 3. The van der Waals surface area contributed by atoms with Crippen LogP contribution in [0.4, 0.5) is 10.1 Å². The third kappa shape index (κ3) is 3.23. The molecule has 0 spiro atoms. The molecular weight excluding hydrogens is 267 g/mol. The van der Waals surface area contributed by atoms with Crippen LogP contribution in [-0.4, -0.2) is 20.8 Å². The molecule has 1 aromatic carbocycles. The summed E-state index contributed by atoms with van der Waals surface area (Å²) in [5.41, 5.74) is 1.25. The van der Waals surface area contributed by atoms with Crippen LogP contribution >= 0.6 is 0 Å². The molecule has 4 nitrogen and oxygen atoms in total. The second-order valence-corrected chi connectivity index (χ2v) is 5.84. The minimum atomic E-state index is -0.290. The molecule has 1 unspecified atom stereocenters. The zero-order chi connectivity index (χ0) is 14.7. The molecule has 1 aromatic heterocycles. The van der Waals surface area contributed by atoms with Crippen LogP contribution in [0.3, 0.4) is 0 Å². The monoisotopic (exact) mass is 288 g/mol. The lowest BCUT2D eigenvalue weighted by molar-refractivity contribution is 0.328. The summed E-state index contributed by atoms with van der Waals surface area (Å²) in [7, 11) is 0. The second-order valence-electron chi connectivity index (χ2n) is 5.84. The van der Waals surface area contributed by atoms with Crippen molar-refractivity contribution in [3.63, 3.8) is 0 Å². The Morgan fingerprint density at radius 1 is 1.29 bits per heavy atom. The molecule has 1 saturated carbocycles. The van der Waals surface area contributed by atoms with E-state index in [1.54, 1.807) is 6.07 Å². The molecule has 0 amide bonds. The third-order valence-corrected chi connectivity index (χ3v) is 4.36. The van der Waals surface area contributed by atoms with E-state index in [-0.39, 0.29) is 5.82 Å². The van der Waals surface area contributed by atoms with Gasteiger partial charge in [0.1, 0.15) is 18.3 Å². The smallest absolute Gasteiger partial charge is 0.150 e. The van der Waals surface area contributed by atoms with Crippen LogP contribution in [0.5, 0.6) is 0 Å². The van der Waals surface area contributed by atoms with E-state index in [1.165, 1.54) is 55.5 Å². The molecule has 21 heavy (non-hydrogen) atoms. The third-order valence-electron chi connectivity index (χ3n) is 4.36. The van der Waals surface area contributed by atoms with Crippen LogP contribution in [-0.2, 0) is 0 Å². The van der Waals surface area contributed by atoms with Gasteiger partial charge < -0.3 is 5.32 Å². The Hall–Kier alpha value is -1.91. The Bertz CT molecular complexity index is 576. The fraction of sp³-hybridized carbons (Fsp3) is 0.500. The molecule has 0 saturated heterocycles. The van der Waals surface area contributed by atoms with Crippen molar-refractivity contribution in [1.29, 1.82) is 0 Å². The van der Waals surface area contributed by atoms with Crippen molar-refractivity contribution in [3.8, 4) is 5.69 Å². The molecule has 112 valence electrons. The second kappa shape index (κ2) is 6.24. The molecule has 0 aliphatic heterocycles. The van der Waals surface area contributed by atoms with E-state index < -0.39 is 0 Å². The summed E-state index contributed by atoms with van der Waals surface area (Å²) in [6.07, 6.45) is 9.42. The van der Waals surface area contributed by atoms with E-state index in [0.29, 0.717) is 17.6 Å². The largest absolute Gasteiger partial charge is 0.382 e. The predicted molar refractivity (Wildman–Crippen MR) is 81.0 cm³/mol. The molecule has 0 bridgehead atoms. The maximum atomic E-state index is 14.2. The van der Waals surface area contributed by atoms with Gasteiger partial charge >= 0.3 is 0 Å². The summed E-state index contributed by atoms with van der Waals surface area (Å²) in [6.45, 7) is 2.19. The minimum absolute atomic E-state index is 0.290. The van der Waals surface area contributed by atoms with Gasteiger partial charge in [0.15, 0.2) is 5.82 Å². The highest BCUT2D eigenvalue weighted by molar-refractivity contribution is 5.50. The molecule has 1 fully saturated rings. The van der Waals surface area contributed by atoms with Crippen molar-refractivity contribution in [1.82, 2.24) is 14.8 Å². The number of halogens is 1. The zero-order valence-electron chi connectivity index (χ0n) is 12.3. The topological polar surface area (TPSA) is 42.7 Å². The molecule has 0 radical (unpaired) electrons. The highest BCUT2D eigenvalue weighted by Gasteiger charge is 2.20. The molecule has 1 N–H and O–H groups in total. The predicted octanol–water partition coefficient (Wildman–Crippen LogP) is 3.79. The SMILES string of the molecule is CC(Nc1ccc(-n2cncn2)c(F)c1)C1CCCCC1. The van der Waals surface area contributed by atoms with Crippen LogP contribution in [0.15, 0.2) is 30.9 Å². The average molecular weight is 288 g/mol. The Balaban J connectivity index is 1.70. The van der Waals surface area contributed by atoms with Gasteiger partial charge in [0, 0.05) is 11.7 Å². The van der Waals surface area contributed by atoms with E-state index in [2.05, 4.69) is 22.3 Å². The maximum Gasteiger partial charge on any atom is 0.150 e. The minimum Gasteiger partial charge on any atom is -0.382 e. The first kappa shape index (κ1) is 14.0. The van der Waals surface area contributed by atoms with Gasteiger partial charge in [-0.2, -0.15) is 5.10 Å². The first-order valence-corrected chi connectivity index (χ1v) is 7.65. The number of anilines is 1. The van der Waals surface area contributed by atoms with E-state index >= 15 is 0 Å². The van der Waals surface area contributed by atoms with Gasteiger partial charge in [-0.15, -0.1) is 0 Å². The van der Waals surface area contributed by atoms with Crippen LogP contribution in [0.25, 0.3) is 5.69 Å². The summed E-state index contributed by atoms with van der Waals surface area (Å²) >= 11 is 0. The molecule has 2 aromatic rings. The fourth-order valence-corrected chi connectivity index (χ4v) is 3.13. The van der Waals surface area contributed by atoms with Crippen molar-refractivity contribution in [2.24, 2.45) is 5.92 Å². The highest BCUT2D eigenvalue weighted by Crippen LogP contribution is 2.28. The molecule has 1 aliphatic rings. The standard InChI is InChI=1S/C16H21FN4/c1-12(13-5-3-2-4-6-13)20-14-7-8-16(15(17)9-14)21-11-18-10-19-21/h7-13,20H,2-6H2,1H3. The number of hydrogen-bond acceptors (Lipinski definition) is 3. The van der Waals surface area contributed by atoms with Gasteiger partial charge in [0.25, 0.3) is 0 Å². The molecule has 5 heteroatoms. The van der Waals surface area contributed by atoms with E-state index in [0.717, 1.165) is 5.69 Å². The van der Waals surface area contributed by atoms with Crippen LogP contribution in [0, 0.1) is 11.7 Å². The Morgan fingerprint density at radius 2 is 2.10 bits per heavy atom. The Labute approximate surface area is 124 Å². The van der Waals surface area contributed by atoms with Crippen molar-refractivity contribution in [2.45, 2.75) is 45.1 Å². The maximum absolute atomic E-state index is 14.2. The summed E-state index contributed by atoms with van der Waals surface area (Å²) < 4.78 is 15.6. The quantitative estimate of drug-likeness (QED) is 0.931. The van der Waals surface area contributed by atoms with Crippen molar-refractivity contribution >= 4 is 5.69 Å². The molecule has 3 rings (SSSR count). The van der Waals surface area contributed by atoms with E-state index in [4.69, 9.17) is 0 Å². The summed E-state index contributed by atoms with van der Waals surface area (Å²) in [4.78, 5) is 3.84. The number of rotatable bonds is 4. The van der Waals surface area contributed by atoms with Gasteiger partial charge in [-0.25, -0.2) is 14.1 Å². The fourth-order valence-electron chi connectivity index (χ4n) is 3.13.